The molecular formula is C11H9NO. The monoisotopic (exact) mass is 171 g/mol. The number of aromatic hydroxyl groups is 1. The van der Waals surface area contributed by atoms with Gasteiger partial charge in [0.05, 0.1) is 5.69 Å². The summed E-state index contributed by atoms with van der Waals surface area (Å²) >= 11 is 0. The van der Waals surface area contributed by atoms with Gasteiger partial charge in [-0.3, -0.25) is 4.99 Å². The summed E-state index contributed by atoms with van der Waals surface area (Å²) in [6.07, 6.45) is 9.34. The Bertz CT molecular complexity index is 403. The van der Waals surface area contributed by atoms with Crippen molar-refractivity contribution in [3.05, 3.63) is 42.0 Å². The number of fused-ring (bicyclic) bond motifs is 1. The SMILES string of the molecule is Oc1ccc2c(c1)\C=C/C=C\C=N/2. The second-order valence-electron chi connectivity index (χ2n) is 2.77. The molecule has 1 aromatic rings. The van der Waals surface area contributed by atoms with Gasteiger partial charge in [-0.1, -0.05) is 18.2 Å². The van der Waals surface area contributed by atoms with Crippen molar-refractivity contribution in [1.29, 1.82) is 0 Å². The molecule has 0 saturated heterocycles. The summed E-state index contributed by atoms with van der Waals surface area (Å²) in [4.78, 5) is 4.21. The fraction of sp³-hybridized carbons (Fsp3) is 0. The Morgan fingerprint density at radius 1 is 1.08 bits per heavy atom. The lowest BCUT2D eigenvalue weighted by molar-refractivity contribution is 0.475. The Hall–Kier alpha value is -1.83. The molecule has 0 aliphatic carbocycles. The van der Waals surface area contributed by atoms with Gasteiger partial charge in [-0.15, -0.1) is 0 Å². The third kappa shape index (κ3) is 1.67. The van der Waals surface area contributed by atoms with Crippen molar-refractivity contribution in [2.45, 2.75) is 0 Å². The fourth-order valence-corrected chi connectivity index (χ4v) is 1.19. The van der Waals surface area contributed by atoms with Crippen LogP contribution in [0.3, 0.4) is 0 Å². The number of nitrogens with zero attached hydrogens (tertiary/aromatic N) is 1. The molecule has 0 fully saturated rings. The van der Waals surface area contributed by atoms with E-state index in [0.29, 0.717) is 0 Å². The van der Waals surface area contributed by atoms with Crippen molar-refractivity contribution in [2.75, 3.05) is 0 Å². The predicted octanol–water partition coefficient (Wildman–Crippen LogP) is 2.68. The Kier molecular flexibility index (Phi) is 1.96. The fourth-order valence-electron chi connectivity index (χ4n) is 1.19. The molecule has 0 unspecified atom stereocenters. The molecule has 2 nitrogen and oxygen atoms in total. The van der Waals surface area contributed by atoms with Crippen molar-refractivity contribution in [3.63, 3.8) is 0 Å². The van der Waals surface area contributed by atoms with Gasteiger partial charge < -0.3 is 5.11 Å². The van der Waals surface area contributed by atoms with E-state index in [4.69, 9.17) is 0 Å². The smallest absolute Gasteiger partial charge is 0.116 e. The van der Waals surface area contributed by atoms with Gasteiger partial charge in [0, 0.05) is 11.8 Å². The van der Waals surface area contributed by atoms with Gasteiger partial charge in [0.25, 0.3) is 0 Å². The van der Waals surface area contributed by atoms with E-state index in [1.807, 2.05) is 24.3 Å². The lowest BCUT2D eigenvalue weighted by atomic mass is 10.1. The van der Waals surface area contributed by atoms with Crippen LogP contribution in [0.2, 0.25) is 0 Å². The molecule has 13 heavy (non-hydrogen) atoms. The molecule has 0 amide bonds. The van der Waals surface area contributed by atoms with Crippen LogP contribution in [-0.2, 0) is 0 Å². The summed E-state index contributed by atoms with van der Waals surface area (Å²) in [7, 11) is 0. The number of phenols is 1. The van der Waals surface area contributed by atoms with E-state index in [2.05, 4.69) is 4.99 Å². The standard InChI is InChI=1S/C11H9NO/c13-10-5-6-11-9(8-10)4-2-1-3-7-12-11/h1-8,13H/b2-1?,3-1-,4-2-,7-3?,9-4?,12-7-,12-11?. The van der Waals surface area contributed by atoms with Crippen LogP contribution in [0.5, 0.6) is 5.75 Å². The van der Waals surface area contributed by atoms with Crippen LogP contribution in [0.4, 0.5) is 5.69 Å². The molecule has 2 heteroatoms. The first-order chi connectivity index (χ1) is 6.36. The summed E-state index contributed by atoms with van der Waals surface area (Å²) in [5.41, 5.74) is 1.80. The van der Waals surface area contributed by atoms with Crippen LogP contribution < -0.4 is 0 Å². The number of phenolic OH excluding ortho intramolecular Hbond substituents is 1. The summed E-state index contributed by atoms with van der Waals surface area (Å²) in [5, 5.41) is 9.25. The van der Waals surface area contributed by atoms with E-state index in [0.717, 1.165) is 11.3 Å². The zero-order valence-corrected chi connectivity index (χ0v) is 7.01. The van der Waals surface area contributed by atoms with Crippen molar-refractivity contribution in [1.82, 2.24) is 0 Å². The largest absolute Gasteiger partial charge is 0.508 e. The first-order valence-corrected chi connectivity index (χ1v) is 4.07. The predicted molar refractivity (Wildman–Crippen MR) is 54.4 cm³/mol. The summed E-state index contributed by atoms with van der Waals surface area (Å²) < 4.78 is 0. The highest BCUT2D eigenvalue weighted by molar-refractivity contribution is 5.80. The Labute approximate surface area is 76.6 Å². The highest BCUT2D eigenvalue weighted by Gasteiger charge is 1.98. The van der Waals surface area contributed by atoms with Gasteiger partial charge in [0.1, 0.15) is 5.75 Å². The van der Waals surface area contributed by atoms with E-state index < -0.39 is 0 Å². The van der Waals surface area contributed by atoms with Gasteiger partial charge in [-0.25, -0.2) is 0 Å². The van der Waals surface area contributed by atoms with Crippen LogP contribution in [-0.4, -0.2) is 11.3 Å². The topological polar surface area (TPSA) is 32.6 Å². The third-order valence-corrected chi connectivity index (χ3v) is 1.81. The number of rotatable bonds is 0. The normalized spacial score (nSPS) is 20.9. The molecule has 0 aromatic heterocycles. The average Bonchev–Trinajstić information content (AvgIpc) is 2.08. The highest BCUT2D eigenvalue weighted by Crippen LogP contribution is 2.25. The van der Waals surface area contributed by atoms with Gasteiger partial charge >= 0.3 is 0 Å². The zero-order valence-electron chi connectivity index (χ0n) is 7.01. The van der Waals surface area contributed by atoms with Crippen molar-refractivity contribution in [3.8, 4) is 5.75 Å². The molecular weight excluding hydrogens is 162 g/mol. The van der Waals surface area contributed by atoms with E-state index in [9.17, 15) is 5.11 Å². The highest BCUT2D eigenvalue weighted by atomic mass is 16.3. The van der Waals surface area contributed by atoms with Crippen molar-refractivity contribution < 1.29 is 5.11 Å². The number of hydrogen-bond donors (Lipinski definition) is 1. The van der Waals surface area contributed by atoms with Gasteiger partial charge in [0.2, 0.25) is 0 Å². The van der Waals surface area contributed by atoms with Crippen LogP contribution in [0.15, 0.2) is 41.4 Å². The van der Waals surface area contributed by atoms with Gasteiger partial charge in [-0.2, -0.15) is 0 Å². The van der Waals surface area contributed by atoms with Gasteiger partial charge in [-0.05, 0) is 24.3 Å². The summed E-state index contributed by atoms with van der Waals surface area (Å²) in [6, 6.07) is 5.13. The first kappa shape index (κ1) is 7.80. The maximum absolute atomic E-state index is 9.25. The van der Waals surface area contributed by atoms with Crippen LogP contribution >= 0.6 is 0 Å². The Morgan fingerprint density at radius 3 is 2.92 bits per heavy atom. The van der Waals surface area contributed by atoms with E-state index >= 15 is 0 Å². The molecule has 0 bridgehead atoms. The minimum Gasteiger partial charge on any atom is -0.508 e. The molecule has 1 aromatic carbocycles. The maximum atomic E-state index is 9.25. The number of hydrogen-bond acceptors (Lipinski definition) is 2. The zero-order chi connectivity index (χ0) is 9.10. The Balaban J connectivity index is 2.56. The molecule has 0 atom stereocenters. The number of benzene rings is 1. The van der Waals surface area contributed by atoms with E-state index in [-0.39, 0.29) is 5.75 Å². The molecule has 2 rings (SSSR count). The second kappa shape index (κ2) is 3.27. The first-order valence-electron chi connectivity index (χ1n) is 4.07. The average molecular weight is 171 g/mol. The van der Waals surface area contributed by atoms with Crippen molar-refractivity contribution in [2.24, 2.45) is 4.99 Å². The molecule has 64 valence electrons. The molecule has 0 spiro atoms. The molecule has 1 aliphatic heterocycles. The van der Waals surface area contributed by atoms with E-state index in [1.165, 1.54) is 0 Å². The number of allylic oxidation sites excluding steroid dienone is 3. The maximum Gasteiger partial charge on any atom is 0.116 e. The molecule has 0 saturated carbocycles. The van der Waals surface area contributed by atoms with Gasteiger partial charge in [0.15, 0.2) is 0 Å². The second-order valence-corrected chi connectivity index (χ2v) is 2.77. The molecule has 1 N–H and O–H groups in total. The lowest BCUT2D eigenvalue weighted by Gasteiger charge is -2.01. The van der Waals surface area contributed by atoms with Crippen LogP contribution in [0.25, 0.3) is 6.08 Å². The summed E-state index contributed by atoms with van der Waals surface area (Å²) in [6.45, 7) is 0. The molecule has 1 aliphatic rings. The van der Waals surface area contributed by atoms with Crippen LogP contribution in [0.1, 0.15) is 5.56 Å². The molecule has 1 heterocycles. The number of aliphatic imine (C=N–C) groups is 1. The lowest BCUT2D eigenvalue weighted by Crippen LogP contribution is -1.77. The third-order valence-electron chi connectivity index (χ3n) is 1.81. The summed E-state index contributed by atoms with van der Waals surface area (Å²) in [5.74, 6) is 0.267. The minimum atomic E-state index is 0.267. The quantitative estimate of drug-likeness (QED) is 0.639. The molecule has 0 radical (unpaired) electrons. The minimum absolute atomic E-state index is 0.267. The Morgan fingerprint density at radius 2 is 2.00 bits per heavy atom. The van der Waals surface area contributed by atoms with Crippen molar-refractivity contribution >= 4 is 18.0 Å². The van der Waals surface area contributed by atoms with E-state index in [1.54, 1.807) is 24.4 Å². The van der Waals surface area contributed by atoms with Crippen LogP contribution in [0, 0.1) is 0 Å².